The van der Waals surface area contributed by atoms with Crippen LogP contribution >= 0.6 is 0 Å². The van der Waals surface area contributed by atoms with Gasteiger partial charge in [-0.05, 0) is 54.6 Å². The molecule has 0 spiro atoms. The number of rotatable bonds is 2. The second kappa shape index (κ2) is 6.33. The van der Waals surface area contributed by atoms with Crippen molar-refractivity contribution in [1.82, 2.24) is 0 Å². The zero-order valence-corrected chi connectivity index (χ0v) is 13.5. The zero-order valence-electron chi connectivity index (χ0n) is 13.5. The second-order valence-corrected chi connectivity index (χ2v) is 5.72. The molecule has 1 heterocycles. The molecule has 0 unspecified atom stereocenters. The molecule has 0 fully saturated rings. The fourth-order valence-electron chi connectivity index (χ4n) is 2.65. The van der Waals surface area contributed by atoms with Gasteiger partial charge in [-0.3, -0.25) is 9.59 Å². The lowest BCUT2D eigenvalue weighted by atomic mass is 10.1. The molecule has 6 heteroatoms. The second-order valence-electron chi connectivity index (χ2n) is 5.72. The van der Waals surface area contributed by atoms with Gasteiger partial charge in [0.25, 0.3) is 11.8 Å². The Hall–Kier alpha value is -3.67. The Balaban J connectivity index is 1.61. The third kappa shape index (κ3) is 3.00. The first-order chi connectivity index (χ1) is 12.6. The van der Waals surface area contributed by atoms with Gasteiger partial charge in [-0.15, -0.1) is 0 Å². The van der Waals surface area contributed by atoms with Gasteiger partial charge in [-0.25, -0.2) is 4.39 Å². The smallest absolute Gasteiger partial charge is 0.259 e. The standard InChI is InChI=1S/C20H13FN2O3/c21-13-7-5-12(6-8-13)19(24)22-14-9-10-17-15(11-14)20(25)23-16-3-1-2-4-18(16)26-17/h1-11H,(H,22,24)(H,23,25). The Kier molecular flexibility index (Phi) is 3.85. The van der Waals surface area contributed by atoms with Crippen LogP contribution in [0.15, 0.2) is 66.7 Å². The molecule has 26 heavy (non-hydrogen) atoms. The highest BCUT2D eigenvalue weighted by Crippen LogP contribution is 2.36. The van der Waals surface area contributed by atoms with Crippen molar-refractivity contribution in [3.63, 3.8) is 0 Å². The maximum atomic E-state index is 13.0. The number of carbonyl (C=O) groups excluding carboxylic acids is 2. The average Bonchev–Trinajstić information content (AvgIpc) is 2.78. The van der Waals surface area contributed by atoms with E-state index in [2.05, 4.69) is 10.6 Å². The number of benzene rings is 3. The third-order valence-corrected chi connectivity index (χ3v) is 3.94. The van der Waals surface area contributed by atoms with Crippen LogP contribution in [0.3, 0.4) is 0 Å². The summed E-state index contributed by atoms with van der Waals surface area (Å²) >= 11 is 0. The van der Waals surface area contributed by atoms with Crippen LogP contribution in [-0.2, 0) is 0 Å². The lowest BCUT2D eigenvalue weighted by molar-refractivity contribution is 0.101. The van der Waals surface area contributed by atoms with Crippen LogP contribution < -0.4 is 15.4 Å². The summed E-state index contributed by atoms with van der Waals surface area (Å²) in [6, 6.07) is 17.1. The van der Waals surface area contributed by atoms with Crippen LogP contribution in [0.5, 0.6) is 11.5 Å². The number of ether oxygens (including phenoxy) is 1. The Bertz CT molecular complexity index is 1020. The van der Waals surface area contributed by atoms with Crippen LogP contribution in [0.25, 0.3) is 0 Å². The minimum absolute atomic E-state index is 0.304. The SMILES string of the molecule is O=C(Nc1ccc2c(c1)C(=O)Nc1ccccc1O2)c1ccc(F)cc1. The van der Waals surface area contributed by atoms with Gasteiger partial charge in [-0.1, -0.05) is 12.1 Å². The zero-order chi connectivity index (χ0) is 18.1. The lowest BCUT2D eigenvalue weighted by Crippen LogP contribution is -2.14. The maximum absolute atomic E-state index is 13.0. The van der Waals surface area contributed by atoms with Crippen molar-refractivity contribution in [3.8, 4) is 11.5 Å². The maximum Gasteiger partial charge on any atom is 0.259 e. The number of para-hydroxylation sites is 2. The molecule has 0 aromatic heterocycles. The number of anilines is 2. The largest absolute Gasteiger partial charge is 0.454 e. The molecular weight excluding hydrogens is 335 g/mol. The highest BCUT2D eigenvalue weighted by atomic mass is 19.1. The summed E-state index contributed by atoms with van der Waals surface area (Å²) in [5, 5.41) is 5.47. The minimum atomic E-state index is -0.417. The van der Waals surface area contributed by atoms with Crippen molar-refractivity contribution in [2.45, 2.75) is 0 Å². The van der Waals surface area contributed by atoms with E-state index in [1.165, 1.54) is 30.3 Å². The van der Waals surface area contributed by atoms with E-state index in [9.17, 15) is 14.0 Å². The Labute approximate surface area is 148 Å². The predicted molar refractivity (Wildman–Crippen MR) is 95.3 cm³/mol. The summed E-state index contributed by atoms with van der Waals surface area (Å²) in [7, 11) is 0. The number of fused-ring (bicyclic) bond motifs is 2. The molecule has 3 aromatic carbocycles. The van der Waals surface area contributed by atoms with Crippen molar-refractivity contribution in [1.29, 1.82) is 0 Å². The van der Waals surface area contributed by atoms with Gasteiger partial charge >= 0.3 is 0 Å². The third-order valence-electron chi connectivity index (χ3n) is 3.94. The highest BCUT2D eigenvalue weighted by Gasteiger charge is 2.21. The fourth-order valence-corrected chi connectivity index (χ4v) is 2.65. The van der Waals surface area contributed by atoms with Crippen LogP contribution in [0, 0.1) is 5.82 Å². The number of halogens is 1. The normalized spacial score (nSPS) is 12.1. The molecule has 5 nitrogen and oxygen atoms in total. The molecule has 3 aromatic rings. The molecule has 0 saturated heterocycles. The summed E-state index contributed by atoms with van der Waals surface area (Å²) in [5.41, 5.74) is 1.63. The topological polar surface area (TPSA) is 67.4 Å². The average molecular weight is 348 g/mol. The van der Waals surface area contributed by atoms with Gasteiger partial charge in [0, 0.05) is 11.3 Å². The van der Waals surface area contributed by atoms with Crippen LogP contribution in [-0.4, -0.2) is 11.8 Å². The van der Waals surface area contributed by atoms with Crippen molar-refractivity contribution >= 4 is 23.2 Å². The summed E-state index contributed by atoms with van der Waals surface area (Å²) in [6.45, 7) is 0. The van der Waals surface area contributed by atoms with E-state index >= 15 is 0 Å². The predicted octanol–water partition coefficient (Wildman–Crippen LogP) is 4.44. The molecule has 128 valence electrons. The fraction of sp³-hybridized carbons (Fsp3) is 0. The number of hydrogen-bond donors (Lipinski definition) is 2. The van der Waals surface area contributed by atoms with Crippen LogP contribution in [0.1, 0.15) is 20.7 Å². The lowest BCUT2D eigenvalue weighted by Gasteiger charge is -2.10. The molecule has 0 bridgehead atoms. The van der Waals surface area contributed by atoms with Gasteiger partial charge in [0.1, 0.15) is 11.6 Å². The molecule has 1 aliphatic rings. The van der Waals surface area contributed by atoms with E-state index in [1.807, 2.05) is 6.07 Å². The van der Waals surface area contributed by atoms with Crippen molar-refractivity contribution in [2.24, 2.45) is 0 Å². The Morgan fingerprint density at radius 1 is 0.962 bits per heavy atom. The van der Waals surface area contributed by atoms with Crippen LogP contribution in [0.2, 0.25) is 0 Å². The molecule has 2 amide bonds. The molecular formula is C20H13FN2O3. The molecule has 4 rings (SSSR count). The molecule has 0 aliphatic carbocycles. The van der Waals surface area contributed by atoms with Crippen molar-refractivity contribution in [2.75, 3.05) is 10.6 Å². The van der Waals surface area contributed by atoms with Crippen LogP contribution in [0.4, 0.5) is 15.8 Å². The van der Waals surface area contributed by atoms with Gasteiger partial charge in [0.15, 0.2) is 5.75 Å². The first kappa shape index (κ1) is 15.8. The van der Waals surface area contributed by atoms with E-state index in [0.29, 0.717) is 34.0 Å². The number of amides is 2. The summed E-state index contributed by atoms with van der Waals surface area (Å²) in [5.74, 6) is -0.207. The van der Waals surface area contributed by atoms with Gasteiger partial charge in [0.2, 0.25) is 0 Å². The molecule has 0 atom stereocenters. The first-order valence-corrected chi connectivity index (χ1v) is 7.89. The Morgan fingerprint density at radius 3 is 2.54 bits per heavy atom. The van der Waals surface area contributed by atoms with Gasteiger partial charge in [0.05, 0.1) is 11.3 Å². The number of hydrogen-bond acceptors (Lipinski definition) is 3. The van der Waals surface area contributed by atoms with E-state index in [1.54, 1.807) is 30.3 Å². The number of nitrogens with one attached hydrogen (secondary N) is 2. The minimum Gasteiger partial charge on any atom is -0.454 e. The van der Waals surface area contributed by atoms with Gasteiger partial charge < -0.3 is 15.4 Å². The summed E-state index contributed by atoms with van der Waals surface area (Å²) in [4.78, 5) is 24.7. The van der Waals surface area contributed by atoms with E-state index in [0.717, 1.165) is 0 Å². The van der Waals surface area contributed by atoms with Gasteiger partial charge in [-0.2, -0.15) is 0 Å². The molecule has 2 N–H and O–H groups in total. The Morgan fingerprint density at radius 2 is 1.73 bits per heavy atom. The van der Waals surface area contributed by atoms with Crippen molar-refractivity contribution in [3.05, 3.63) is 83.7 Å². The summed E-state index contributed by atoms with van der Waals surface area (Å²) in [6.07, 6.45) is 0. The van der Waals surface area contributed by atoms with E-state index in [-0.39, 0.29) is 5.91 Å². The molecule has 0 saturated carbocycles. The summed E-state index contributed by atoms with van der Waals surface area (Å²) < 4.78 is 18.8. The highest BCUT2D eigenvalue weighted by molar-refractivity contribution is 6.10. The first-order valence-electron chi connectivity index (χ1n) is 7.89. The number of carbonyl (C=O) groups is 2. The molecule has 0 radical (unpaired) electrons. The molecule has 1 aliphatic heterocycles. The monoisotopic (exact) mass is 348 g/mol. The van der Waals surface area contributed by atoms with E-state index < -0.39 is 11.7 Å². The van der Waals surface area contributed by atoms with E-state index in [4.69, 9.17) is 4.74 Å². The van der Waals surface area contributed by atoms with Crippen molar-refractivity contribution < 1.29 is 18.7 Å². The quantitative estimate of drug-likeness (QED) is 0.720.